The van der Waals surface area contributed by atoms with Gasteiger partial charge in [0.1, 0.15) is 5.75 Å². The van der Waals surface area contributed by atoms with Gasteiger partial charge in [-0.05, 0) is 55.4 Å². The second-order valence-corrected chi connectivity index (χ2v) is 6.74. The molecule has 0 N–H and O–H groups in total. The van der Waals surface area contributed by atoms with E-state index in [4.69, 9.17) is 4.74 Å². The van der Waals surface area contributed by atoms with Crippen LogP contribution in [0.15, 0.2) is 18.2 Å². The first-order valence-corrected chi connectivity index (χ1v) is 8.94. The fourth-order valence-electron chi connectivity index (χ4n) is 3.83. The molecule has 1 unspecified atom stereocenters. The number of urea groups is 1. The van der Waals surface area contributed by atoms with Crippen LogP contribution in [0, 0.1) is 0 Å². The summed E-state index contributed by atoms with van der Waals surface area (Å²) in [6.07, 6.45) is 6.69. The number of hydrogen-bond donors (Lipinski definition) is 0. The van der Waals surface area contributed by atoms with Crippen molar-refractivity contribution >= 4 is 6.03 Å². The summed E-state index contributed by atoms with van der Waals surface area (Å²) in [7, 11) is 1.70. The third kappa shape index (κ3) is 3.46. The van der Waals surface area contributed by atoms with E-state index in [2.05, 4.69) is 28.9 Å². The molecule has 2 amide bonds. The number of carbonyl (C=O) groups excluding carboxylic acids is 1. The maximum absolute atomic E-state index is 13.0. The lowest BCUT2D eigenvalue weighted by atomic mass is 9.91. The van der Waals surface area contributed by atoms with Crippen molar-refractivity contribution in [3.63, 3.8) is 0 Å². The van der Waals surface area contributed by atoms with Crippen LogP contribution in [-0.4, -0.2) is 42.1 Å². The number of piperidine rings is 1. The molecule has 0 aromatic heterocycles. The maximum Gasteiger partial charge on any atom is 0.320 e. The zero-order chi connectivity index (χ0) is 16.2. The van der Waals surface area contributed by atoms with Crippen molar-refractivity contribution in [1.29, 1.82) is 0 Å². The molecule has 23 heavy (non-hydrogen) atoms. The number of carbonyl (C=O) groups is 1. The summed E-state index contributed by atoms with van der Waals surface area (Å²) >= 11 is 0. The van der Waals surface area contributed by atoms with Crippen molar-refractivity contribution in [3.8, 4) is 5.75 Å². The quantitative estimate of drug-likeness (QED) is 0.849. The molecule has 4 nitrogen and oxygen atoms in total. The number of methoxy groups -OCH3 is 1. The van der Waals surface area contributed by atoms with Gasteiger partial charge in [-0.2, -0.15) is 0 Å². The lowest BCUT2D eigenvalue weighted by Crippen LogP contribution is -2.51. The van der Waals surface area contributed by atoms with Gasteiger partial charge in [-0.15, -0.1) is 0 Å². The van der Waals surface area contributed by atoms with Crippen LogP contribution < -0.4 is 4.74 Å². The number of benzene rings is 1. The van der Waals surface area contributed by atoms with E-state index >= 15 is 0 Å². The number of fused-ring (bicyclic) bond motifs is 1. The molecule has 1 saturated heterocycles. The summed E-state index contributed by atoms with van der Waals surface area (Å²) in [5.74, 6) is 0.878. The predicted molar refractivity (Wildman–Crippen MR) is 91.8 cm³/mol. The van der Waals surface area contributed by atoms with Crippen molar-refractivity contribution in [1.82, 2.24) is 9.80 Å². The van der Waals surface area contributed by atoms with E-state index in [0.717, 1.165) is 50.9 Å². The summed E-state index contributed by atoms with van der Waals surface area (Å²) in [6.45, 7) is 4.75. The number of rotatable bonds is 3. The lowest BCUT2D eigenvalue weighted by molar-refractivity contribution is 0.113. The molecule has 4 heteroatoms. The SMILES string of the molecule is CCCC1Cc2ccc(OC)cc2CN1C(=O)N1CCCCC1. The minimum Gasteiger partial charge on any atom is -0.497 e. The Morgan fingerprint density at radius 3 is 2.70 bits per heavy atom. The molecular weight excluding hydrogens is 288 g/mol. The third-order valence-electron chi connectivity index (χ3n) is 5.14. The molecule has 0 aliphatic carbocycles. The minimum atomic E-state index is 0.233. The van der Waals surface area contributed by atoms with Gasteiger partial charge in [-0.1, -0.05) is 19.4 Å². The standard InChI is InChI=1S/C19H28N2O2/c1-3-7-17-12-15-8-9-18(23-2)13-16(15)14-21(17)19(22)20-10-5-4-6-11-20/h8-9,13,17H,3-7,10-12,14H2,1-2H3. The van der Waals surface area contributed by atoms with Crippen LogP contribution in [0.1, 0.15) is 50.2 Å². The Kier molecular flexibility index (Phi) is 5.09. The van der Waals surface area contributed by atoms with Crippen molar-refractivity contribution in [2.24, 2.45) is 0 Å². The van der Waals surface area contributed by atoms with Crippen molar-refractivity contribution in [3.05, 3.63) is 29.3 Å². The maximum atomic E-state index is 13.0. The Bertz CT molecular complexity index is 552. The van der Waals surface area contributed by atoms with E-state index in [9.17, 15) is 4.79 Å². The summed E-state index contributed by atoms with van der Waals surface area (Å²) in [5, 5.41) is 0. The summed E-state index contributed by atoms with van der Waals surface area (Å²) in [5.41, 5.74) is 2.61. The minimum absolute atomic E-state index is 0.233. The molecule has 0 spiro atoms. The van der Waals surface area contributed by atoms with E-state index in [1.165, 1.54) is 17.5 Å². The summed E-state index contributed by atoms with van der Waals surface area (Å²) in [6, 6.07) is 6.85. The van der Waals surface area contributed by atoms with Crippen molar-refractivity contribution in [2.75, 3.05) is 20.2 Å². The molecule has 3 rings (SSSR count). The van der Waals surface area contributed by atoms with Gasteiger partial charge in [0.05, 0.1) is 7.11 Å². The Hall–Kier alpha value is -1.71. The normalized spacial score (nSPS) is 21.0. The van der Waals surface area contributed by atoms with Crippen molar-refractivity contribution < 1.29 is 9.53 Å². The number of nitrogens with zero attached hydrogens (tertiary/aromatic N) is 2. The Morgan fingerprint density at radius 1 is 1.22 bits per heavy atom. The number of amides is 2. The highest BCUT2D eigenvalue weighted by Gasteiger charge is 2.32. The zero-order valence-electron chi connectivity index (χ0n) is 14.4. The van der Waals surface area contributed by atoms with Gasteiger partial charge >= 0.3 is 6.03 Å². The molecule has 0 saturated carbocycles. The number of ether oxygens (including phenoxy) is 1. The molecule has 0 bridgehead atoms. The highest BCUT2D eigenvalue weighted by atomic mass is 16.5. The predicted octanol–water partition coefficient (Wildman–Crippen LogP) is 3.83. The molecule has 2 heterocycles. The molecule has 126 valence electrons. The van der Waals surface area contributed by atoms with Crippen LogP contribution >= 0.6 is 0 Å². The van der Waals surface area contributed by atoms with Gasteiger partial charge in [0.15, 0.2) is 0 Å². The summed E-state index contributed by atoms with van der Waals surface area (Å²) in [4.78, 5) is 17.2. The fourth-order valence-corrected chi connectivity index (χ4v) is 3.83. The molecule has 2 aliphatic heterocycles. The average Bonchev–Trinajstić information content (AvgIpc) is 2.61. The Morgan fingerprint density at radius 2 is 2.00 bits per heavy atom. The largest absolute Gasteiger partial charge is 0.497 e. The van der Waals surface area contributed by atoms with Gasteiger partial charge in [0.25, 0.3) is 0 Å². The number of hydrogen-bond acceptors (Lipinski definition) is 2. The summed E-state index contributed by atoms with van der Waals surface area (Å²) < 4.78 is 5.35. The second-order valence-electron chi connectivity index (χ2n) is 6.74. The van der Waals surface area contributed by atoms with E-state index in [1.54, 1.807) is 7.11 Å². The molecule has 1 atom stereocenters. The van der Waals surface area contributed by atoms with Gasteiger partial charge in [-0.3, -0.25) is 0 Å². The van der Waals surface area contributed by atoms with E-state index < -0.39 is 0 Å². The van der Waals surface area contributed by atoms with E-state index in [1.807, 2.05) is 6.07 Å². The first kappa shape index (κ1) is 16.2. The van der Waals surface area contributed by atoms with E-state index in [0.29, 0.717) is 12.6 Å². The Labute approximate surface area is 139 Å². The van der Waals surface area contributed by atoms with Gasteiger partial charge in [0.2, 0.25) is 0 Å². The first-order valence-electron chi connectivity index (χ1n) is 8.94. The van der Waals surface area contributed by atoms with Crippen molar-refractivity contribution in [2.45, 2.75) is 58.0 Å². The van der Waals surface area contributed by atoms with Gasteiger partial charge in [-0.25, -0.2) is 4.79 Å². The topological polar surface area (TPSA) is 32.8 Å². The highest BCUT2D eigenvalue weighted by Crippen LogP contribution is 2.30. The van der Waals surface area contributed by atoms with Crippen LogP contribution in [0.3, 0.4) is 0 Å². The molecule has 1 aromatic rings. The fraction of sp³-hybridized carbons (Fsp3) is 0.632. The zero-order valence-corrected chi connectivity index (χ0v) is 14.4. The van der Waals surface area contributed by atoms with Crippen LogP contribution in [-0.2, 0) is 13.0 Å². The number of likely N-dealkylation sites (tertiary alicyclic amines) is 1. The lowest BCUT2D eigenvalue weighted by Gasteiger charge is -2.41. The van der Waals surface area contributed by atoms with Gasteiger partial charge < -0.3 is 14.5 Å². The third-order valence-corrected chi connectivity index (χ3v) is 5.14. The molecule has 2 aliphatic rings. The molecule has 0 radical (unpaired) electrons. The first-order chi connectivity index (χ1) is 11.2. The Balaban J connectivity index is 1.82. The molecule has 1 aromatic carbocycles. The van der Waals surface area contributed by atoms with Crippen LogP contribution in [0.2, 0.25) is 0 Å². The molecular formula is C19H28N2O2. The molecule has 1 fully saturated rings. The average molecular weight is 316 g/mol. The second kappa shape index (κ2) is 7.24. The monoisotopic (exact) mass is 316 g/mol. The van der Waals surface area contributed by atoms with Gasteiger partial charge in [0, 0.05) is 25.7 Å². The van der Waals surface area contributed by atoms with E-state index in [-0.39, 0.29) is 6.03 Å². The highest BCUT2D eigenvalue weighted by molar-refractivity contribution is 5.75. The smallest absolute Gasteiger partial charge is 0.320 e. The van der Waals surface area contributed by atoms with Crippen LogP contribution in [0.5, 0.6) is 5.75 Å². The van der Waals surface area contributed by atoms with Crippen LogP contribution in [0.4, 0.5) is 4.79 Å². The van der Waals surface area contributed by atoms with Crippen LogP contribution in [0.25, 0.3) is 0 Å².